The number of hydrogen-bond donors (Lipinski definition) is 0. The molecule has 0 spiro atoms. The number of aromatic nitrogens is 1. The van der Waals surface area contributed by atoms with E-state index in [0.29, 0.717) is 42.2 Å². The van der Waals surface area contributed by atoms with Gasteiger partial charge in [-0.25, -0.2) is 9.79 Å². The van der Waals surface area contributed by atoms with Gasteiger partial charge in [-0.05, 0) is 81.8 Å². The van der Waals surface area contributed by atoms with Crippen molar-refractivity contribution < 1.29 is 18.7 Å². The third kappa shape index (κ3) is 5.96. The summed E-state index contributed by atoms with van der Waals surface area (Å²) in [5, 5.41) is 1.35. The van der Waals surface area contributed by atoms with E-state index in [9.17, 15) is 9.59 Å². The highest BCUT2D eigenvalue weighted by Gasteiger charge is 2.33. The summed E-state index contributed by atoms with van der Waals surface area (Å²) in [5.74, 6) is 0.741. The third-order valence-corrected chi connectivity index (χ3v) is 8.16. The summed E-state index contributed by atoms with van der Waals surface area (Å²) in [6, 6.07) is 17.9. The number of fused-ring (bicyclic) bond motifs is 1. The van der Waals surface area contributed by atoms with Crippen molar-refractivity contribution in [2.45, 2.75) is 49.8 Å². The minimum absolute atomic E-state index is 0.0208. The summed E-state index contributed by atoms with van der Waals surface area (Å²) in [5.41, 5.74) is 1.33. The SMILES string of the molecule is CCOC(=O)C1=C(C)N=c2s/c(=C/c3ccc(Sc4ccc(Cl)cc4)o3)c(=O)n2[C@@H]1c1ccc(OC(C)C)cc1. The Morgan fingerprint density at radius 3 is 2.55 bits per heavy atom. The number of allylic oxidation sites excluding steroid dienone is 1. The normalized spacial score (nSPS) is 15.2. The van der Waals surface area contributed by atoms with Crippen LogP contribution in [0.15, 0.2) is 96.1 Å². The number of carbonyl (C=O) groups excluding carboxylic acids is 1. The van der Waals surface area contributed by atoms with Crippen molar-refractivity contribution in [3.63, 3.8) is 0 Å². The molecule has 0 saturated carbocycles. The molecule has 2 aromatic heterocycles. The Morgan fingerprint density at radius 2 is 1.88 bits per heavy atom. The number of hydrogen-bond acceptors (Lipinski definition) is 8. The first-order chi connectivity index (χ1) is 19.2. The van der Waals surface area contributed by atoms with Crippen molar-refractivity contribution in [1.29, 1.82) is 0 Å². The van der Waals surface area contributed by atoms with Crippen molar-refractivity contribution in [1.82, 2.24) is 4.57 Å². The maximum absolute atomic E-state index is 13.8. The van der Waals surface area contributed by atoms with Gasteiger partial charge in [-0.15, -0.1) is 0 Å². The van der Waals surface area contributed by atoms with E-state index in [0.717, 1.165) is 10.5 Å². The number of nitrogens with zero attached hydrogens (tertiary/aromatic N) is 2. The van der Waals surface area contributed by atoms with Gasteiger partial charge < -0.3 is 13.9 Å². The molecule has 0 fully saturated rings. The van der Waals surface area contributed by atoms with Gasteiger partial charge in [0.25, 0.3) is 5.56 Å². The van der Waals surface area contributed by atoms with Crippen LogP contribution in [0.1, 0.15) is 45.1 Å². The molecule has 7 nitrogen and oxygen atoms in total. The quantitative estimate of drug-likeness (QED) is 0.233. The standard InChI is InChI=1S/C30H27ClN2O5S2/c1-5-36-29(35)26-18(4)32-30-33(27(26)19-6-10-21(11-7-19)37-17(2)3)28(34)24(40-30)16-22-12-15-25(38-22)39-23-13-8-20(31)9-14-23/h6-17,27H,5H2,1-4H3/b24-16+/t27-/m1/s1. The predicted molar refractivity (Wildman–Crippen MR) is 157 cm³/mol. The van der Waals surface area contributed by atoms with Crippen LogP contribution in [0.3, 0.4) is 0 Å². The number of carbonyl (C=O) groups is 1. The van der Waals surface area contributed by atoms with E-state index in [4.69, 9.17) is 25.5 Å². The number of benzene rings is 2. The molecule has 4 aromatic rings. The Kier molecular flexibility index (Phi) is 8.35. The fourth-order valence-electron chi connectivity index (χ4n) is 4.32. The third-order valence-electron chi connectivity index (χ3n) is 5.99. The van der Waals surface area contributed by atoms with Crippen molar-refractivity contribution in [3.8, 4) is 5.75 Å². The molecule has 0 aliphatic carbocycles. The number of rotatable bonds is 8. The average molecular weight is 595 g/mol. The minimum atomic E-state index is -0.696. The smallest absolute Gasteiger partial charge is 0.338 e. The lowest BCUT2D eigenvalue weighted by molar-refractivity contribution is -0.139. The van der Waals surface area contributed by atoms with Crippen molar-refractivity contribution in [2.75, 3.05) is 6.61 Å². The van der Waals surface area contributed by atoms with Gasteiger partial charge in [-0.3, -0.25) is 9.36 Å². The number of esters is 1. The number of halogens is 1. The molecule has 0 unspecified atom stereocenters. The van der Waals surface area contributed by atoms with Crippen molar-refractivity contribution >= 4 is 46.7 Å². The molecule has 10 heteroatoms. The first-order valence-corrected chi connectivity index (χ1v) is 14.7. The first kappa shape index (κ1) is 28.0. The molecule has 0 N–H and O–H groups in total. The summed E-state index contributed by atoms with van der Waals surface area (Å²) < 4.78 is 19.1. The van der Waals surface area contributed by atoms with E-state index in [1.54, 1.807) is 24.5 Å². The molecule has 0 amide bonds. The van der Waals surface area contributed by atoms with E-state index in [-0.39, 0.29) is 18.3 Å². The summed E-state index contributed by atoms with van der Waals surface area (Å²) in [6.45, 7) is 7.63. The topological polar surface area (TPSA) is 83.0 Å². The molecule has 0 saturated heterocycles. The lowest BCUT2D eigenvalue weighted by Gasteiger charge is -2.25. The molecule has 0 radical (unpaired) electrons. The highest BCUT2D eigenvalue weighted by atomic mass is 35.5. The van der Waals surface area contributed by atoms with Gasteiger partial charge in [0.05, 0.1) is 34.6 Å². The van der Waals surface area contributed by atoms with Crippen LogP contribution >= 0.6 is 34.7 Å². The predicted octanol–water partition coefficient (Wildman–Crippen LogP) is 5.98. The number of ether oxygens (including phenoxy) is 2. The second-order valence-electron chi connectivity index (χ2n) is 9.25. The van der Waals surface area contributed by atoms with Crippen LogP contribution in [-0.2, 0) is 9.53 Å². The Morgan fingerprint density at radius 1 is 1.15 bits per heavy atom. The van der Waals surface area contributed by atoms with E-state index in [1.165, 1.54) is 23.1 Å². The molecule has 206 valence electrons. The van der Waals surface area contributed by atoms with Gasteiger partial charge >= 0.3 is 5.97 Å². The maximum atomic E-state index is 13.8. The zero-order chi connectivity index (χ0) is 28.4. The number of furan rings is 1. The van der Waals surface area contributed by atoms with Gasteiger partial charge in [0, 0.05) is 16.0 Å². The van der Waals surface area contributed by atoms with Gasteiger partial charge in [0.2, 0.25) is 0 Å². The lowest BCUT2D eigenvalue weighted by atomic mass is 9.96. The largest absolute Gasteiger partial charge is 0.491 e. The molecule has 3 heterocycles. The number of thiazole rings is 1. The average Bonchev–Trinajstić information content (AvgIpc) is 3.48. The minimum Gasteiger partial charge on any atom is -0.491 e. The first-order valence-electron chi connectivity index (χ1n) is 12.7. The Labute approximate surface area is 244 Å². The molecule has 5 rings (SSSR count). The second-order valence-corrected chi connectivity index (χ2v) is 11.8. The van der Waals surface area contributed by atoms with Gasteiger partial charge in [0.1, 0.15) is 11.5 Å². The van der Waals surface area contributed by atoms with E-state index >= 15 is 0 Å². The van der Waals surface area contributed by atoms with E-state index in [2.05, 4.69) is 4.99 Å². The highest BCUT2D eigenvalue weighted by molar-refractivity contribution is 7.99. The second kappa shape index (κ2) is 11.9. The molecule has 1 aliphatic rings. The fraction of sp³-hybridized carbons (Fsp3) is 0.233. The van der Waals surface area contributed by atoms with Gasteiger partial charge in [-0.2, -0.15) is 0 Å². The van der Waals surface area contributed by atoms with Crippen molar-refractivity contribution in [3.05, 3.63) is 108 Å². The molecular formula is C30H27ClN2O5S2. The molecule has 1 aliphatic heterocycles. The van der Waals surface area contributed by atoms with Crippen LogP contribution < -0.4 is 19.6 Å². The van der Waals surface area contributed by atoms with Crippen LogP contribution in [0.4, 0.5) is 0 Å². The highest BCUT2D eigenvalue weighted by Crippen LogP contribution is 2.32. The molecule has 2 aromatic carbocycles. The summed E-state index contributed by atoms with van der Waals surface area (Å²) >= 11 is 8.69. The van der Waals surface area contributed by atoms with E-state index in [1.807, 2.05) is 74.5 Å². The molecule has 1 atom stereocenters. The lowest BCUT2D eigenvalue weighted by Crippen LogP contribution is -2.39. The zero-order valence-corrected chi connectivity index (χ0v) is 24.7. The Bertz CT molecular complexity index is 1750. The molecular weight excluding hydrogens is 568 g/mol. The van der Waals surface area contributed by atoms with Crippen LogP contribution in [0, 0.1) is 0 Å². The van der Waals surface area contributed by atoms with Crippen molar-refractivity contribution in [2.24, 2.45) is 4.99 Å². The van der Waals surface area contributed by atoms with Crippen LogP contribution in [-0.4, -0.2) is 23.2 Å². The van der Waals surface area contributed by atoms with Gasteiger partial charge in [-0.1, -0.05) is 46.8 Å². The Balaban J connectivity index is 1.55. The monoisotopic (exact) mass is 594 g/mol. The Hall–Kier alpha value is -3.53. The van der Waals surface area contributed by atoms with Crippen LogP contribution in [0.2, 0.25) is 5.02 Å². The summed E-state index contributed by atoms with van der Waals surface area (Å²) in [6.07, 6.45) is 1.72. The van der Waals surface area contributed by atoms with Crippen LogP contribution in [0.5, 0.6) is 5.75 Å². The summed E-state index contributed by atoms with van der Waals surface area (Å²) in [7, 11) is 0. The molecule has 0 bridgehead atoms. The van der Waals surface area contributed by atoms with Gasteiger partial charge in [0.15, 0.2) is 9.89 Å². The van der Waals surface area contributed by atoms with Crippen LogP contribution in [0.25, 0.3) is 6.08 Å². The summed E-state index contributed by atoms with van der Waals surface area (Å²) in [4.78, 5) is 33.0. The zero-order valence-electron chi connectivity index (χ0n) is 22.3. The van der Waals surface area contributed by atoms with E-state index < -0.39 is 12.0 Å². The molecule has 40 heavy (non-hydrogen) atoms. The fourth-order valence-corrected chi connectivity index (χ4v) is 6.25. The maximum Gasteiger partial charge on any atom is 0.338 e.